The highest BCUT2D eigenvalue weighted by atomic mass is 16.1. The van der Waals surface area contributed by atoms with Gasteiger partial charge in [0.2, 0.25) is 0 Å². The Hall–Kier alpha value is -0.630. The van der Waals surface area contributed by atoms with Crippen molar-refractivity contribution in [2.45, 2.75) is 39.5 Å². The van der Waals surface area contributed by atoms with Crippen molar-refractivity contribution >= 4 is 6.29 Å². The zero-order valence-electron chi connectivity index (χ0n) is 11.0. The molecule has 0 aliphatic heterocycles. The maximum atomic E-state index is 10.1. The van der Waals surface area contributed by atoms with Crippen LogP contribution in [-0.2, 0) is 4.79 Å². The molecular formula is C13H28NO+. The van der Waals surface area contributed by atoms with Crippen molar-refractivity contribution in [3.8, 4) is 0 Å². The minimum absolute atomic E-state index is 0.717. The lowest BCUT2D eigenvalue weighted by molar-refractivity contribution is -0.884. The Morgan fingerprint density at radius 1 is 1.13 bits per heavy atom. The maximum Gasteiger partial charge on any atom is 0.119 e. The fourth-order valence-electron chi connectivity index (χ4n) is 1.39. The summed E-state index contributed by atoms with van der Waals surface area (Å²) in [6.45, 7) is 9.93. The van der Waals surface area contributed by atoms with Gasteiger partial charge in [-0.05, 0) is 25.3 Å². The van der Waals surface area contributed by atoms with Crippen LogP contribution in [0.15, 0.2) is 12.7 Å². The van der Waals surface area contributed by atoms with Gasteiger partial charge < -0.3 is 9.28 Å². The van der Waals surface area contributed by atoms with Crippen molar-refractivity contribution in [3.05, 3.63) is 12.7 Å². The molecule has 0 heterocycles. The molecule has 0 N–H and O–H groups in total. The van der Waals surface area contributed by atoms with Gasteiger partial charge in [-0.1, -0.05) is 20.4 Å². The number of rotatable bonds is 8. The summed E-state index contributed by atoms with van der Waals surface area (Å²) in [5.41, 5.74) is 0. The van der Waals surface area contributed by atoms with Crippen LogP contribution in [0, 0.1) is 0 Å². The maximum absolute atomic E-state index is 10.1. The molecule has 0 amide bonds. The number of aldehydes is 1. The van der Waals surface area contributed by atoms with E-state index in [1.54, 1.807) is 0 Å². The van der Waals surface area contributed by atoms with Crippen LogP contribution in [0.4, 0.5) is 0 Å². The number of unbranched alkanes of at least 4 members (excludes halogenated alkanes) is 3. The van der Waals surface area contributed by atoms with Gasteiger partial charge in [0.25, 0.3) is 0 Å². The molecule has 0 saturated heterocycles. The molecule has 0 atom stereocenters. The summed E-state index contributed by atoms with van der Waals surface area (Å²) in [4.78, 5) is 10.1. The number of quaternary nitrogens is 1. The van der Waals surface area contributed by atoms with Crippen molar-refractivity contribution in [3.63, 3.8) is 0 Å². The highest BCUT2D eigenvalue weighted by molar-refractivity contribution is 5.48. The molecule has 0 spiro atoms. The van der Waals surface area contributed by atoms with Crippen molar-refractivity contribution in [2.24, 2.45) is 0 Å². The van der Waals surface area contributed by atoms with Crippen LogP contribution in [0.3, 0.4) is 0 Å². The van der Waals surface area contributed by atoms with E-state index in [2.05, 4.69) is 20.7 Å². The van der Waals surface area contributed by atoms with Gasteiger partial charge >= 0.3 is 0 Å². The predicted octanol–water partition coefficient (Wildman–Crippen LogP) is 3.03. The lowest BCUT2D eigenvalue weighted by atomic mass is 10.2. The summed E-state index contributed by atoms with van der Waals surface area (Å²) < 4.78 is 1.00. The number of likely N-dealkylation sites (N-methyl/N-ethyl adjacent to an activating group) is 1. The van der Waals surface area contributed by atoms with E-state index in [9.17, 15) is 4.79 Å². The Morgan fingerprint density at radius 2 is 1.73 bits per heavy atom. The first-order valence-corrected chi connectivity index (χ1v) is 5.99. The summed E-state index contributed by atoms with van der Waals surface area (Å²) in [7, 11) is 4.42. The van der Waals surface area contributed by atoms with Gasteiger partial charge in [0, 0.05) is 6.42 Å². The minimum atomic E-state index is 0.717. The van der Waals surface area contributed by atoms with E-state index in [1.165, 1.54) is 13.0 Å². The molecule has 0 radical (unpaired) electrons. The topological polar surface area (TPSA) is 17.1 Å². The summed E-state index contributed by atoms with van der Waals surface area (Å²) >= 11 is 0. The van der Waals surface area contributed by atoms with Gasteiger partial charge in [0.1, 0.15) is 6.29 Å². The van der Waals surface area contributed by atoms with E-state index in [4.69, 9.17) is 0 Å². The minimum Gasteiger partial charge on any atom is -0.325 e. The number of nitrogens with zero attached hydrogens (tertiary/aromatic N) is 1. The molecule has 2 heteroatoms. The van der Waals surface area contributed by atoms with Crippen molar-refractivity contribution in [2.75, 3.05) is 27.2 Å². The number of carbonyl (C=O) groups excluding carboxylic acids is 1. The summed E-state index contributed by atoms with van der Waals surface area (Å²) in [5, 5.41) is 0. The number of hydrogen-bond acceptors (Lipinski definition) is 1. The summed E-state index contributed by atoms with van der Waals surface area (Å²) in [6.07, 6.45) is 7.09. The van der Waals surface area contributed by atoms with Crippen molar-refractivity contribution in [1.82, 2.24) is 0 Å². The van der Waals surface area contributed by atoms with Gasteiger partial charge in [0.15, 0.2) is 0 Å². The van der Waals surface area contributed by atoms with Gasteiger partial charge in [-0.15, -0.1) is 0 Å². The van der Waals surface area contributed by atoms with E-state index >= 15 is 0 Å². The molecule has 0 aromatic rings. The van der Waals surface area contributed by atoms with Gasteiger partial charge in [-0.25, -0.2) is 0 Å². The molecule has 0 rings (SSSR count). The van der Waals surface area contributed by atoms with E-state index in [1.807, 2.05) is 19.9 Å². The van der Waals surface area contributed by atoms with Gasteiger partial charge in [0.05, 0.1) is 27.2 Å². The monoisotopic (exact) mass is 214 g/mol. The standard InChI is InChI=1S/C11H22NO.C2H6/c1-4-9-12(2,3)10-7-5-6-8-11-13;1-2/h4,11H,1,5-10H2,2-3H3;1-2H3/q+1;. The fraction of sp³-hybridized carbons (Fsp3) is 0.769. The Bertz CT molecular complexity index is 153. The fourth-order valence-corrected chi connectivity index (χ4v) is 1.39. The molecular weight excluding hydrogens is 186 g/mol. The van der Waals surface area contributed by atoms with Gasteiger partial charge in [-0.2, -0.15) is 0 Å². The molecule has 0 aliphatic rings. The first-order chi connectivity index (χ1) is 7.12. The average molecular weight is 214 g/mol. The SMILES string of the molecule is C=CC[N+](C)(C)CCCCCC=O.CC. The first kappa shape index (κ1) is 16.8. The lowest BCUT2D eigenvalue weighted by Crippen LogP contribution is -2.40. The second kappa shape index (κ2) is 11.4. The molecule has 0 bridgehead atoms. The zero-order chi connectivity index (χ0) is 12.2. The highest BCUT2D eigenvalue weighted by Gasteiger charge is 2.10. The number of hydrogen-bond donors (Lipinski definition) is 0. The Labute approximate surface area is 95.6 Å². The normalized spacial score (nSPS) is 10.1. The van der Waals surface area contributed by atoms with Crippen LogP contribution in [0.25, 0.3) is 0 Å². The van der Waals surface area contributed by atoms with Crippen LogP contribution in [-0.4, -0.2) is 38.0 Å². The lowest BCUT2D eigenvalue weighted by Gasteiger charge is -2.28. The highest BCUT2D eigenvalue weighted by Crippen LogP contribution is 2.04. The summed E-state index contributed by atoms with van der Waals surface area (Å²) in [6, 6.07) is 0. The van der Waals surface area contributed by atoms with Gasteiger partial charge in [-0.3, -0.25) is 0 Å². The van der Waals surface area contributed by atoms with Crippen LogP contribution in [0.5, 0.6) is 0 Å². The van der Waals surface area contributed by atoms with Crippen LogP contribution in [0.2, 0.25) is 0 Å². The quantitative estimate of drug-likeness (QED) is 0.263. The molecule has 0 aromatic heterocycles. The molecule has 2 nitrogen and oxygen atoms in total. The molecule has 15 heavy (non-hydrogen) atoms. The zero-order valence-corrected chi connectivity index (χ0v) is 11.0. The second-order valence-electron chi connectivity index (χ2n) is 4.15. The van der Waals surface area contributed by atoms with Crippen molar-refractivity contribution in [1.29, 1.82) is 0 Å². The average Bonchev–Trinajstić information content (AvgIpc) is 2.20. The smallest absolute Gasteiger partial charge is 0.119 e. The largest absolute Gasteiger partial charge is 0.325 e. The van der Waals surface area contributed by atoms with E-state index in [-0.39, 0.29) is 0 Å². The molecule has 0 fully saturated rings. The molecule has 0 aromatic carbocycles. The predicted molar refractivity (Wildman–Crippen MR) is 67.9 cm³/mol. The van der Waals surface area contributed by atoms with Crippen LogP contribution < -0.4 is 0 Å². The van der Waals surface area contributed by atoms with Crippen molar-refractivity contribution < 1.29 is 9.28 Å². The second-order valence-corrected chi connectivity index (χ2v) is 4.15. The van der Waals surface area contributed by atoms with E-state index in [0.29, 0.717) is 0 Å². The Balaban J connectivity index is 0. The van der Waals surface area contributed by atoms with E-state index in [0.717, 1.165) is 36.6 Å². The third-order valence-electron chi connectivity index (χ3n) is 2.21. The Kier molecular flexibility index (Phi) is 12.8. The Morgan fingerprint density at radius 3 is 2.20 bits per heavy atom. The molecule has 90 valence electrons. The third kappa shape index (κ3) is 13.4. The summed E-state index contributed by atoms with van der Waals surface area (Å²) in [5.74, 6) is 0. The third-order valence-corrected chi connectivity index (χ3v) is 2.21. The molecule has 0 unspecified atom stereocenters. The number of carbonyl (C=O) groups is 1. The first-order valence-electron chi connectivity index (χ1n) is 5.99. The van der Waals surface area contributed by atoms with E-state index < -0.39 is 0 Å². The molecule has 0 saturated carbocycles. The molecule has 0 aliphatic carbocycles. The van der Waals surface area contributed by atoms with Crippen LogP contribution in [0.1, 0.15) is 39.5 Å². The van der Waals surface area contributed by atoms with Crippen LogP contribution >= 0.6 is 0 Å².